The quantitative estimate of drug-likeness (QED) is 0.806. The number of hydrogen-bond acceptors (Lipinski definition) is 3. The number of amides is 1. The maximum Gasteiger partial charge on any atom is 0.417 e. The van der Waals surface area contributed by atoms with Crippen molar-refractivity contribution in [2.75, 3.05) is 13.1 Å². The van der Waals surface area contributed by atoms with E-state index >= 15 is 0 Å². The van der Waals surface area contributed by atoms with Gasteiger partial charge in [-0.1, -0.05) is 0 Å². The molecule has 1 aliphatic heterocycles. The van der Waals surface area contributed by atoms with Gasteiger partial charge in [0.2, 0.25) is 12.3 Å². The summed E-state index contributed by atoms with van der Waals surface area (Å²) in [7, 11) is 0. The second-order valence-electron chi connectivity index (χ2n) is 6.21. The number of aromatic nitrogens is 1. The van der Waals surface area contributed by atoms with Crippen LogP contribution in [0.3, 0.4) is 0 Å². The van der Waals surface area contributed by atoms with Gasteiger partial charge in [-0.2, -0.15) is 13.2 Å². The normalized spacial score (nSPS) is 21.5. The van der Waals surface area contributed by atoms with Crippen molar-refractivity contribution < 1.29 is 22.7 Å². The van der Waals surface area contributed by atoms with Gasteiger partial charge in [0.15, 0.2) is 0 Å². The van der Waals surface area contributed by atoms with Crippen LogP contribution in [0, 0.1) is 5.41 Å². The van der Waals surface area contributed by atoms with E-state index in [0.717, 1.165) is 57.4 Å². The van der Waals surface area contributed by atoms with Crippen molar-refractivity contribution in [3.05, 3.63) is 23.9 Å². The molecule has 0 atom stereocenters. The smallest absolute Gasteiger partial charge is 0.417 e. The first-order valence-electron chi connectivity index (χ1n) is 7.30. The van der Waals surface area contributed by atoms with Gasteiger partial charge in [-0.15, -0.1) is 0 Å². The summed E-state index contributed by atoms with van der Waals surface area (Å²) < 4.78 is 43.1. The van der Waals surface area contributed by atoms with Crippen LogP contribution in [0.2, 0.25) is 0 Å². The Labute approximate surface area is 126 Å². The molecule has 0 radical (unpaired) electrons. The Hall–Kier alpha value is -1.79. The Balaban J connectivity index is 1.52. The molecule has 120 valence electrons. The van der Waals surface area contributed by atoms with Crippen molar-refractivity contribution in [1.29, 1.82) is 0 Å². The van der Waals surface area contributed by atoms with Crippen molar-refractivity contribution in [2.24, 2.45) is 5.41 Å². The molecule has 1 saturated carbocycles. The van der Waals surface area contributed by atoms with Crippen LogP contribution in [0.15, 0.2) is 18.3 Å². The van der Waals surface area contributed by atoms with Gasteiger partial charge in [-0.05, 0) is 31.7 Å². The molecule has 22 heavy (non-hydrogen) atoms. The highest BCUT2D eigenvalue weighted by atomic mass is 19.4. The van der Waals surface area contributed by atoms with E-state index in [2.05, 4.69) is 4.98 Å². The number of halogens is 3. The summed E-state index contributed by atoms with van der Waals surface area (Å²) >= 11 is 0. The molecule has 7 heteroatoms. The zero-order valence-corrected chi connectivity index (χ0v) is 12.0. The number of ether oxygens (including phenoxy) is 1. The van der Waals surface area contributed by atoms with Gasteiger partial charge < -0.3 is 9.64 Å². The molecule has 0 bridgehead atoms. The summed E-state index contributed by atoms with van der Waals surface area (Å²) in [6, 6.07) is 2.26. The lowest BCUT2D eigenvalue weighted by Gasteiger charge is -2.51. The zero-order valence-electron chi connectivity index (χ0n) is 12.0. The predicted octanol–water partition coefficient (Wildman–Crippen LogP) is 2.88. The highest BCUT2D eigenvalue weighted by Gasteiger charge is 2.45. The number of alkyl halides is 3. The summed E-state index contributed by atoms with van der Waals surface area (Å²) in [6.45, 7) is 1.61. The molecule has 0 aromatic carbocycles. The van der Waals surface area contributed by atoms with Crippen LogP contribution in [0.1, 0.15) is 31.2 Å². The first-order valence-corrected chi connectivity index (χ1v) is 7.30. The fourth-order valence-electron chi connectivity index (χ4n) is 3.32. The molecule has 1 spiro atoms. The Morgan fingerprint density at radius 2 is 1.95 bits per heavy atom. The molecular formula is C15H17F3N2O2. The number of pyridine rings is 1. The monoisotopic (exact) mass is 314 g/mol. The fourth-order valence-corrected chi connectivity index (χ4v) is 3.32. The molecule has 0 unspecified atom stereocenters. The number of likely N-dealkylation sites (tertiary alicyclic amines) is 1. The zero-order chi connectivity index (χ0) is 15.8. The lowest BCUT2D eigenvalue weighted by Crippen LogP contribution is -2.57. The van der Waals surface area contributed by atoms with Gasteiger partial charge in [-0.3, -0.25) is 4.79 Å². The van der Waals surface area contributed by atoms with Gasteiger partial charge in [0, 0.05) is 30.8 Å². The number of rotatable bonds is 3. The molecule has 0 N–H and O–H groups in total. The molecule has 2 aliphatic rings. The highest BCUT2D eigenvalue weighted by molar-refractivity contribution is 5.49. The van der Waals surface area contributed by atoms with Gasteiger partial charge in [0.1, 0.15) is 6.10 Å². The van der Waals surface area contributed by atoms with Crippen molar-refractivity contribution in [1.82, 2.24) is 9.88 Å². The molecule has 1 aliphatic carbocycles. The molecular weight excluding hydrogens is 297 g/mol. The second kappa shape index (κ2) is 5.44. The lowest BCUT2D eigenvalue weighted by molar-refractivity contribution is -0.137. The Kier molecular flexibility index (Phi) is 3.74. The van der Waals surface area contributed by atoms with Gasteiger partial charge in [0.05, 0.1) is 5.56 Å². The first-order chi connectivity index (χ1) is 10.4. The van der Waals surface area contributed by atoms with Crippen molar-refractivity contribution in [3.8, 4) is 5.88 Å². The largest absolute Gasteiger partial charge is 0.474 e. The van der Waals surface area contributed by atoms with E-state index < -0.39 is 11.7 Å². The molecule has 1 aromatic rings. The Bertz CT molecular complexity index is 529. The van der Waals surface area contributed by atoms with E-state index in [1.807, 2.05) is 0 Å². The Morgan fingerprint density at radius 3 is 2.45 bits per heavy atom. The van der Waals surface area contributed by atoms with Crippen molar-refractivity contribution >= 4 is 6.41 Å². The number of carbonyl (C=O) groups excluding carboxylic acids is 1. The van der Waals surface area contributed by atoms with Crippen LogP contribution in [-0.4, -0.2) is 35.5 Å². The Morgan fingerprint density at radius 1 is 1.27 bits per heavy atom. The summed E-state index contributed by atoms with van der Waals surface area (Å²) in [6.07, 6.45) is 0.918. The molecule has 1 aromatic heterocycles. The number of carbonyl (C=O) groups is 1. The summed E-state index contributed by atoms with van der Waals surface area (Å²) in [4.78, 5) is 16.1. The topological polar surface area (TPSA) is 42.4 Å². The molecule has 1 amide bonds. The maximum atomic E-state index is 12.5. The third-order valence-corrected chi connectivity index (χ3v) is 4.57. The lowest BCUT2D eigenvalue weighted by atomic mass is 9.68. The minimum absolute atomic E-state index is 0.0138. The summed E-state index contributed by atoms with van der Waals surface area (Å²) in [5.41, 5.74) is -0.542. The number of hydrogen-bond donors (Lipinski definition) is 0. The van der Waals surface area contributed by atoms with E-state index in [1.165, 1.54) is 6.07 Å². The van der Waals surface area contributed by atoms with Gasteiger partial charge in [-0.25, -0.2) is 4.98 Å². The number of nitrogens with zero attached hydrogens (tertiary/aromatic N) is 2. The van der Waals surface area contributed by atoms with E-state index in [9.17, 15) is 18.0 Å². The summed E-state index contributed by atoms with van der Waals surface area (Å²) in [5, 5.41) is 0. The average molecular weight is 314 g/mol. The maximum absolute atomic E-state index is 12.5. The first kappa shape index (κ1) is 15.1. The van der Waals surface area contributed by atoms with Crippen LogP contribution >= 0.6 is 0 Å². The van der Waals surface area contributed by atoms with Gasteiger partial charge >= 0.3 is 6.18 Å². The third-order valence-electron chi connectivity index (χ3n) is 4.57. The molecule has 4 nitrogen and oxygen atoms in total. The molecule has 2 fully saturated rings. The SMILES string of the molecule is O=CN1CC2(CCC(Oc3ccc(C(F)(F)F)cn3)CC2)C1. The van der Waals surface area contributed by atoms with Crippen LogP contribution < -0.4 is 4.74 Å². The van der Waals surface area contributed by atoms with E-state index in [-0.39, 0.29) is 17.4 Å². The van der Waals surface area contributed by atoms with Gasteiger partial charge in [0.25, 0.3) is 0 Å². The van der Waals surface area contributed by atoms with Crippen molar-refractivity contribution in [2.45, 2.75) is 38.0 Å². The fraction of sp³-hybridized carbons (Fsp3) is 0.600. The van der Waals surface area contributed by atoms with Crippen LogP contribution in [0.25, 0.3) is 0 Å². The predicted molar refractivity (Wildman–Crippen MR) is 72.2 cm³/mol. The minimum atomic E-state index is -4.38. The standard InChI is InChI=1S/C15H17F3N2O2/c16-15(17,18)11-1-2-13(19-7-11)22-12-3-5-14(6-4-12)8-20(9-14)10-21/h1-2,7,10,12H,3-6,8-9H2. The van der Waals surface area contributed by atoms with E-state index in [1.54, 1.807) is 4.90 Å². The highest BCUT2D eigenvalue weighted by Crippen LogP contribution is 2.43. The molecule has 2 heterocycles. The molecule has 3 rings (SSSR count). The summed E-state index contributed by atoms with van der Waals surface area (Å²) in [5.74, 6) is 0.233. The van der Waals surface area contributed by atoms with E-state index in [4.69, 9.17) is 4.74 Å². The second-order valence-corrected chi connectivity index (χ2v) is 6.21. The van der Waals surface area contributed by atoms with Crippen molar-refractivity contribution in [3.63, 3.8) is 0 Å². The van der Waals surface area contributed by atoms with E-state index in [0.29, 0.717) is 0 Å². The minimum Gasteiger partial charge on any atom is -0.474 e. The molecule has 1 saturated heterocycles. The van der Waals surface area contributed by atoms with Crippen LogP contribution in [-0.2, 0) is 11.0 Å². The van der Waals surface area contributed by atoms with Crippen LogP contribution in [0.4, 0.5) is 13.2 Å². The third kappa shape index (κ3) is 3.03. The average Bonchev–Trinajstić information content (AvgIpc) is 2.45. The van der Waals surface area contributed by atoms with Crippen LogP contribution in [0.5, 0.6) is 5.88 Å².